The van der Waals surface area contributed by atoms with Crippen molar-refractivity contribution in [1.29, 1.82) is 5.26 Å². The van der Waals surface area contributed by atoms with Crippen molar-refractivity contribution in [2.75, 3.05) is 11.9 Å². The Balaban J connectivity index is 1.90. The molecule has 0 aliphatic rings. The lowest BCUT2D eigenvalue weighted by Crippen LogP contribution is -2.15. The van der Waals surface area contributed by atoms with Gasteiger partial charge in [0.05, 0.1) is 0 Å². The van der Waals surface area contributed by atoms with Crippen LogP contribution < -0.4 is 5.32 Å². The molecule has 19 heavy (non-hydrogen) atoms. The van der Waals surface area contributed by atoms with Gasteiger partial charge in [0.15, 0.2) is 11.5 Å². The van der Waals surface area contributed by atoms with Crippen LogP contribution in [0.4, 0.5) is 5.82 Å². The maximum absolute atomic E-state index is 8.92. The highest BCUT2D eigenvalue weighted by Crippen LogP contribution is 2.22. The molecule has 1 heterocycles. The Kier molecular flexibility index (Phi) is 4.76. The summed E-state index contributed by atoms with van der Waals surface area (Å²) in [5, 5.41) is 12.5. The van der Waals surface area contributed by atoms with Crippen molar-refractivity contribution >= 4 is 17.6 Å². The molecule has 0 aliphatic carbocycles. The van der Waals surface area contributed by atoms with Gasteiger partial charge in [-0.25, -0.2) is 9.97 Å². The molecule has 4 nitrogen and oxygen atoms in total. The van der Waals surface area contributed by atoms with Gasteiger partial charge in [-0.3, -0.25) is 0 Å². The minimum absolute atomic E-state index is 0.333. The first-order chi connectivity index (χ1) is 9.29. The van der Waals surface area contributed by atoms with Crippen LogP contribution in [-0.4, -0.2) is 21.8 Å². The summed E-state index contributed by atoms with van der Waals surface area (Å²) in [6, 6.07) is 12.3. The fourth-order valence-corrected chi connectivity index (χ4v) is 2.51. The number of anilines is 1. The standard InChI is InChI=1S/C14H14N4S/c1-11(19-12-5-3-2-4-6-12)10-18-14-13(9-15)16-7-8-17-14/h2-8,11H,10H2,1H3,(H,17,18). The van der Waals surface area contributed by atoms with Crippen LogP contribution >= 0.6 is 11.8 Å². The Hall–Kier alpha value is -2.06. The quantitative estimate of drug-likeness (QED) is 0.846. The summed E-state index contributed by atoms with van der Waals surface area (Å²) < 4.78 is 0. The predicted octanol–water partition coefficient (Wildman–Crippen LogP) is 2.94. The van der Waals surface area contributed by atoms with Gasteiger partial charge in [0.2, 0.25) is 0 Å². The van der Waals surface area contributed by atoms with Crippen LogP contribution in [0.1, 0.15) is 12.6 Å². The zero-order chi connectivity index (χ0) is 13.5. The average Bonchev–Trinajstić information content (AvgIpc) is 2.46. The number of nitriles is 1. The summed E-state index contributed by atoms with van der Waals surface area (Å²) in [6.07, 6.45) is 3.10. The summed E-state index contributed by atoms with van der Waals surface area (Å²) in [5.41, 5.74) is 0.333. The van der Waals surface area contributed by atoms with Gasteiger partial charge in [-0.2, -0.15) is 5.26 Å². The lowest BCUT2D eigenvalue weighted by atomic mass is 10.4. The highest BCUT2D eigenvalue weighted by Gasteiger charge is 2.07. The van der Waals surface area contributed by atoms with Gasteiger partial charge in [-0.15, -0.1) is 11.8 Å². The molecule has 0 saturated carbocycles. The Morgan fingerprint density at radius 1 is 1.26 bits per heavy atom. The number of benzene rings is 1. The lowest BCUT2D eigenvalue weighted by Gasteiger charge is -2.13. The van der Waals surface area contributed by atoms with Crippen LogP contribution in [-0.2, 0) is 0 Å². The van der Waals surface area contributed by atoms with E-state index in [9.17, 15) is 0 Å². The van der Waals surface area contributed by atoms with Crippen LogP contribution in [0.15, 0.2) is 47.6 Å². The summed E-state index contributed by atoms with van der Waals surface area (Å²) in [5.74, 6) is 0.547. The first-order valence-electron chi connectivity index (χ1n) is 5.96. The van der Waals surface area contributed by atoms with Gasteiger partial charge >= 0.3 is 0 Å². The molecule has 0 bridgehead atoms. The van der Waals surface area contributed by atoms with E-state index in [-0.39, 0.29) is 0 Å². The highest BCUT2D eigenvalue weighted by atomic mass is 32.2. The van der Waals surface area contributed by atoms with E-state index in [2.05, 4.69) is 34.3 Å². The van der Waals surface area contributed by atoms with Crippen LogP contribution in [0.3, 0.4) is 0 Å². The van der Waals surface area contributed by atoms with E-state index in [1.807, 2.05) is 24.3 Å². The fraction of sp³-hybridized carbons (Fsp3) is 0.214. The Morgan fingerprint density at radius 2 is 2.00 bits per heavy atom. The zero-order valence-electron chi connectivity index (χ0n) is 10.6. The molecule has 2 rings (SSSR count). The number of hydrogen-bond acceptors (Lipinski definition) is 5. The van der Waals surface area contributed by atoms with E-state index in [1.165, 1.54) is 11.1 Å². The van der Waals surface area contributed by atoms with Crippen LogP contribution in [0.2, 0.25) is 0 Å². The minimum atomic E-state index is 0.333. The third-order valence-electron chi connectivity index (χ3n) is 2.44. The molecular weight excluding hydrogens is 256 g/mol. The van der Waals surface area contributed by atoms with E-state index in [0.29, 0.717) is 16.8 Å². The Bertz CT molecular complexity index is 565. The molecule has 1 aromatic carbocycles. The molecule has 0 amide bonds. The first-order valence-corrected chi connectivity index (χ1v) is 6.84. The number of rotatable bonds is 5. The van der Waals surface area contributed by atoms with E-state index >= 15 is 0 Å². The molecule has 96 valence electrons. The third-order valence-corrected chi connectivity index (χ3v) is 3.55. The fourth-order valence-electron chi connectivity index (χ4n) is 1.56. The lowest BCUT2D eigenvalue weighted by molar-refractivity contribution is 0.978. The van der Waals surface area contributed by atoms with E-state index in [0.717, 1.165) is 6.54 Å². The molecule has 0 aliphatic heterocycles. The van der Waals surface area contributed by atoms with Crippen molar-refractivity contribution in [1.82, 2.24) is 9.97 Å². The molecule has 0 radical (unpaired) electrons. The third kappa shape index (κ3) is 3.97. The molecule has 1 atom stereocenters. The van der Waals surface area contributed by atoms with Gasteiger partial charge in [0.1, 0.15) is 6.07 Å². The number of thioether (sulfide) groups is 1. The van der Waals surface area contributed by atoms with Crippen molar-refractivity contribution in [3.05, 3.63) is 48.4 Å². The van der Waals surface area contributed by atoms with Gasteiger partial charge in [0, 0.05) is 29.1 Å². The molecular formula is C14H14N4S. The van der Waals surface area contributed by atoms with Crippen molar-refractivity contribution in [3.8, 4) is 6.07 Å². The smallest absolute Gasteiger partial charge is 0.182 e. The number of nitrogens with zero attached hydrogens (tertiary/aromatic N) is 3. The number of hydrogen-bond donors (Lipinski definition) is 1. The zero-order valence-corrected chi connectivity index (χ0v) is 11.4. The van der Waals surface area contributed by atoms with Crippen LogP contribution in [0.5, 0.6) is 0 Å². The molecule has 0 fully saturated rings. The number of aromatic nitrogens is 2. The monoisotopic (exact) mass is 270 g/mol. The van der Waals surface area contributed by atoms with Gasteiger partial charge in [-0.1, -0.05) is 25.1 Å². The molecule has 0 spiro atoms. The summed E-state index contributed by atoms with van der Waals surface area (Å²) in [4.78, 5) is 9.32. The van der Waals surface area contributed by atoms with Gasteiger partial charge < -0.3 is 5.32 Å². The second kappa shape index (κ2) is 6.76. The second-order valence-corrected chi connectivity index (χ2v) is 5.50. The molecule has 0 saturated heterocycles. The first kappa shape index (κ1) is 13.4. The molecule has 5 heteroatoms. The second-order valence-electron chi connectivity index (χ2n) is 3.99. The van der Waals surface area contributed by atoms with E-state index in [1.54, 1.807) is 18.0 Å². The average molecular weight is 270 g/mol. The van der Waals surface area contributed by atoms with E-state index in [4.69, 9.17) is 5.26 Å². The van der Waals surface area contributed by atoms with Gasteiger partial charge in [0.25, 0.3) is 0 Å². The van der Waals surface area contributed by atoms with Crippen molar-refractivity contribution in [3.63, 3.8) is 0 Å². The molecule has 2 aromatic rings. The Labute approximate surface area is 116 Å². The molecule has 1 aromatic heterocycles. The predicted molar refractivity (Wildman–Crippen MR) is 77.0 cm³/mol. The molecule has 1 N–H and O–H groups in total. The van der Waals surface area contributed by atoms with E-state index < -0.39 is 0 Å². The van der Waals surface area contributed by atoms with Crippen LogP contribution in [0, 0.1) is 11.3 Å². The minimum Gasteiger partial charge on any atom is -0.367 e. The maximum atomic E-state index is 8.92. The van der Waals surface area contributed by atoms with Gasteiger partial charge in [-0.05, 0) is 12.1 Å². The van der Waals surface area contributed by atoms with Crippen molar-refractivity contribution in [2.45, 2.75) is 17.1 Å². The summed E-state index contributed by atoms with van der Waals surface area (Å²) in [6.45, 7) is 2.86. The Morgan fingerprint density at radius 3 is 2.74 bits per heavy atom. The van der Waals surface area contributed by atoms with Crippen molar-refractivity contribution < 1.29 is 0 Å². The normalized spacial score (nSPS) is 11.6. The van der Waals surface area contributed by atoms with Crippen molar-refractivity contribution in [2.24, 2.45) is 0 Å². The topological polar surface area (TPSA) is 61.6 Å². The summed E-state index contributed by atoms with van der Waals surface area (Å²) in [7, 11) is 0. The maximum Gasteiger partial charge on any atom is 0.182 e. The van der Waals surface area contributed by atoms with Crippen LogP contribution in [0.25, 0.3) is 0 Å². The number of nitrogens with one attached hydrogen (secondary N) is 1. The highest BCUT2D eigenvalue weighted by molar-refractivity contribution is 8.00. The SMILES string of the molecule is CC(CNc1nccnc1C#N)Sc1ccccc1. The summed E-state index contributed by atoms with van der Waals surface area (Å²) >= 11 is 1.78. The molecule has 1 unspecified atom stereocenters. The largest absolute Gasteiger partial charge is 0.367 e.